The Hall–Kier alpha value is -3.67. The van der Waals surface area contributed by atoms with E-state index in [1.165, 1.54) is 11.0 Å². The Morgan fingerprint density at radius 3 is 2.64 bits per heavy atom. The second-order valence-electron chi connectivity index (χ2n) is 9.69. The molecule has 1 saturated carbocycles. The van der Waals surface area contributed by atoms with Crippen LogP contribution in [0.15, 0.2) is 40.3 Å². The van der Waals surface area contributed by atoms with Gasteiger partial charge < -0.3 is 15.4 Å². The Bertz CT molecular complexity index is 1130. The summed E-state index contributed by atoms with van der Waals surface area (Å²) in [5, 5.41) is 11.0. The molecule has 0 unspecified atom stereocenters. The molecule has 12 nitrogen and oxygen atoms in total. The van der Waals surface area contributed by atoms with E-state index in [2.05, 4.69) is 32.1 Å². The van der Waals surface area contributed by atoms with Gasteiger partial charge in [0.15, 0.2) is 5.82 Å². The highest BCUT2D eigenvalue weighted by atomic mass is 16.5. The van der Waals surface area contributed by atoms with Crippen molar-refractivity contribution in [2.75, 3.05) is 26.2 Å². The Morgan fingerprint density at radius 1 is 1.31 bits per heavy atom. The molecule has 1 aromatic rings. The number of aromatic nitrogens is 4. The van der Waals surface area contributed by atoms with Crippen LogP contribution in [0.4, 0.5) is 0 Å². The van der Waals surface area contributed by atoms with Gasteiger partial charge in [-0.25, -0.2) is 9.79 Å². The molecule has 1 spiro atoms. The minimum atomic E-state index is -0.419. The monoisotopic (exact) mass is 496 g/mol. The quantitative estimate of drug-likeness (QED) is 0.301. The highest BCUT2D eigenvalue weighted by Crippen LogP contribution is 2.47. The van der Waals surface area contributed by atoms with E-state index in [4.69, 9.17) is 10.5 Å². The van der Waals surface area contributed by atoms with Crippen LogP contribution in [0.1, 0.15) is 46.0 Å². The number of rotatable bonds is 9. The van der Waals surface area contributed by atoms with Gasteiger partial charge in [-0.15, -0.1) is 5.10 Å². The molecular formula is C24H32N8O4. The smallest absolute Gasteiger partial charge is 0.336 e. The minimum absolute atomic E-state index is 0.0864. The summed E-state index contributed by atoms with van der Waals surface area (Å²) in [5.41, 5.74) is 7.37. The number of likely N-dealkylation sites (tertiary alicyclic amines) is 1. The molecule has 192 valence electrons. The Labute approximate surface area is 209 Å². The number of aliphatic imine (C=N–C) groups is 1. The third kappa shape index (κ3) is 5.13. The number of nitrogens with zero attached hydrogens (tertiary/aromatic N) is 7. The van der Waals surface area contributed by atoms with Crippen molar-refractivity contribution in [3.05, 3.63) is 35.3 Å². The highest BCUT2D eigenvalue weighted by molar-refractivity contribution is 5.94. The maximum Gasteiger partial charge on any atom is 0.336 e. The first kappa shape index (κ1) is 25.4. The number of hydrogen-bond donors (Lipinski definition) is 1. The standard InChI is InChI=1S/C24H32N8O4/c1-16(4-5-21(26-3)32-15-27-28-29-32)12-30(13-20(25)33)18-6-8-24(9-7-18)10-11-31(23(24)35)19-14-36-22(34)17(19)2/h4-5,15,18H,3,6-14H2,1-2H3,(H2,25,33)/b16-4+,21-5+/t18-,24+. The predicted octanol–water partition coefficient (Wildman–Crippen LogP) is 0.898. The number of allylic oxidation sites excluding steroid dienone is 2. The predicted molar refractivity (Wildman–Crippen MR) is 131 cm³/mol. The van der Waals surface area contributed by atoms with Crippen LogP contribution in [0.3, 0.4) is 0 Å². The molecule has 2 fully saturated rings. The molecule has 0 atom stereocenters. The summed E-state index contributed by atoms with van der Waals surface area (Å²) in [6, 6.07) is 0.131. The van der Waals surface area contributed by atoms with Crippen molar-refractivity contribution in [1.29, 1.82) is 0 Å². The second-order valence-corrected chi connectivity index (χ2v) is 9.69. The molecular weight excluding hydrogens is 464 g/mol. The molecule has 1 aromatic heterocycles. The van der Waals surface area contributed by atoms with Crippen molar-refractivity contribution in [2.45, 2.75) is 52.0 Å². The zero-order chi connectivity index (χ0) is 25.9. The zero-order valence-electron chi connectivity index (χ0n) is 20.7. The second kappa shape index (κ2) is 10.5. The molecule has 4 rings (SSSR count). The summed E-state index contributed by atoms with van der Waals surface area (Å²) in [4.78, 5) is 44.8. The zero-order valence-corrected chi connectivity index (χ0v) is 20.7. The number of tetrazole rings is 1. The van der Waals surface area contributed by atoms with Gasteiger partial charge in [0.05, 0.1) is 23.2 Å². The van der Waals surface area contributed by atoms with Crippen molar-refractivity contribution >= 4 is 30.3 Å². The number of carbonyl (C=O) groups excluding carboxylic acids is 3. The number of esters is 1. The molecule has 2 N–H and O–H groups in total. The fourth-order valence-corrected chi connectivity index (χ4v) is 5.38. The van der Waals surface area contributed by atoms with Gasteiger partial charge in [0.1, 0.15) is 12.9 Å². The number of primary amides is 1. The lowest BCUT2D eigenvalue weighted by atomic mass is 9.71. The van der Waals surface area contributed by atoms with Gasteiger partial charge in [-0.3, -0.25) is 14.5 Å². The number of nitrogens with two attached hydrogens (primary N) is 1. The average molecular weight is 497 g/mol. The van der Waals surface area contributed by atoms with Crippen LogP contribution in [0.2, 0.25) is 0 Å². The Morgan fingerprint density at radius 2 is 2.06 bits per heavy atom. The molecule has 0 bridgehead atoms. The highest BCUT2D eigenvalue weighted by Gasteiger charge is 2.50. The topological polar surface area (TPSA) is 149 Å². The van der Waals surface area contributed by atoms with Crippen LogP contribution >= 0.6 is 0 Å². The molecule has 36 heavy (non-hydrogen) atoms. The Balaban J connectivity index is 1.42. The minimum Gasteiger partial charge on any atom is -0.456 e. The third-order valence-corrected chi connectivity index (χ3v) is 7.42. The molecule has 2 aliphatic heterocycles. The van der Waals surface area contributed by atoms with Gasteiger partial charge in [-0.1, -0.05) is 11.6 Å². The molecule has 3 aliphatic rings. The van der Waals surface area contributed by atoms with Crippen LogP contribution in [-0.4, -0.2) is 86.8 Å². The molecule has 2 amide bonds. The summed E-state index contributed by atoms with van der Waals surface area (Å²) >= 11 is 0. The summed E-state index contributed by atoms with van der Waals surface area (Å²) in [6.45, 7) is 8.68. The number of hydrogen-bond acceptors (Lipinski definition) is 9. The van der Waals surface area contributed by atoms with Crippen molar-refractivity contribution in [2.24, 2.45) is 16.1 Å². The van der Waals surface area contributed by atoms with E-state index in [0.717, 1.165) is 37.7 Å². The summed E-state index contributed by atoms with van der Waals surface area (Å²) in [6.07, 6.45) is 8.88. The van der Waals surface area contributed by atoms with Gasteiger partial charge >= 0.3 is 5.97 Å². The molecule has 1 aliphatic carbocycles. The first-order chi connectivity index (χ1) is 17.2. The summed E-state index contributed by atoms with van der Waals surface area (Å²) < 4.78 is 6.52. The lowest BCUT2D eigenvalue weighted by molar-refractivity contribution is -0.138. The van der Waals surface area contributed by atoms with Crippen LogP contribution in [-0.2, 0) is 19.1 Å². The molecule has 12 heteroatoms. The van der Waals surface area contributed by atoms with Gasteiger partial charge in [0, 0.05) is 19.1 Å². The van der Waals surface area contributed by atoms with Crippen molar-refractivity contribution in [3.8, 4) is 0 Å². The van der Waals surface area contributed by atoms with E-state index >= 15 is 0 Å². The first-order valence-corrected chi connectivity index (χ1v) is 12.0. The first-order valence-electron chi connectivity index (χ1n) is 12.0. The SMILES string of the molecule is C=N/C(=C\C=C(/C)CN(CC(N)=O)[C@H]1CC[C@]2(CCN(C3=C(C)C(=O)OC3)C2=O)CC1)n1cnnn1. The van der Waals surface area contributed by atoms with E-state index in [1.54, 1.807) is 17.9 Å². The van der Waals surface area contributed by atoms with Gasteiger partial charge in [0.2, 0.25) is 11.8 Å². The van der Waals surface area contributed by atoms with Gasteiger partial charge in [-0.2, -0.15) is 4.68 Å². The molecule has 1 saturated heterocycles. The normalized spacial score (nSPS) is 25.3. The largest absolute Gasteiger partial charge is 0.456 e. The lowest BCUT2D eigenvalue weighted by Crippen LogP contribution is -2.47. The number of ether oxygens (including phenoxy) is 1. The maximum absolute atomic E-state index is 13.4. The maximum atomic E-state index is 13.4. The molecule has 0 radical (unpaired) electrons. The van der Waals surface area contributed by atoms with E-state index in [9.17, 15) is 14.4 Å². The van der Waals surface area contributed by atoms with Crippen LogP contribution in [0, 0.1) is 5.41 Å². The van der Waals surface area contributed by atoms with Crippen LogP contribution in [0.25, 0.3) is 5.82 Å². The molecule has 3 heterocycles. The van der Waals surface area contributed by atoms with Crippen LogP contribution in [0.5, 0.6) is 0 Å². The van der Waals surface area contributed by atoms with E-state index in [0.29, 0.717) is 30.2 Å². The van der Waals surface area contributed by atoms with Gasteiger partial charge in [0.25, 0.3) is 0 Å². The van der Waals surface area contributed by atoms with Crippen molar-refractivity contribution in [1.82, 2.24) is 30.0 Å². The van der Waals surface area contributed by atoms with E-state index in [1.807, 2.05) is 13.0 Å². The van der Waals surface area contributed by atoms with Crippen molar-refractivity contribution < 1.29 is 19.1 Å². The average Bonchev–Trinajstić information content (AvgIpc) is 3.57. The van der Waals surface area contributed by atoms with Crippen LogP contribution < -0.4 is 5.73 Å². The van der Waals surface area contributed by atoms with E-state index < -0.39 is 11.3 Å². The fraction of sp³-hybridized carbons (Fsp3) is 0.542. The fourth-order valence-electron chi connectivity index (χ4n) is 5.38. The summed E-state index contributed by atoms with van der Waals surface area (Å²) in [7, 11) is 0. The van der Waals surface area contributed by atoms with Crippen molar-refractivity contribution in [3.63, 3.8) is 0 Å². The van der Waals surface area contributed by atoms with E-state index in [-0.39, 0.29) is 31.1 Å². The summed E-state index contributed by atoms with van der Waals surface area (Å²) in [5.74, 6) is -0.179. The number of carbonyl (C=O) groups is 3. The number of amides is 2. The lowest BCUT2D eigenvalue weighted by Gasteiger charge is -2.40. The molecule has 0 aromatic carbocycles. The number of cyclic esters (lactones) is 1. The Kier molecular flexibility index (Phi) is 7.43. The van der Waals surface area contributed by atoms with Gasteiger partial charge in [-0.05, 0) is 69.2 Å². The third-order valence-electron chi connectivity index (χ3n) is 7.42.